The van der Waals surface area contributed by atoms with E-state index in [0.29, 0.717) is 22.8 Å². The lowest BCUT2D eigenvalue weighted by molar-refractivity contribution is -0.122. The summed E-state index contributed by atoms with van der Waals surface area (Å²) in [5.74, 6) is -1.42. The van der Waals surface area contributed by atoms with E-state index in [1.807, 2.05) is 35.0 Å². The molecule has 0 spiro atoms. The smallest absolute Gasteiger partial charge is 0.335 e. The quantitative estimate of drug-likeness (QED) is 0.402. The summed E-state index contributed by atoms with van der Waals surface area (Å²) in [5.41, 5.74) is 1.85. The highest BCUT2D eigenvalue weighted by atomic mass is 35.5. The fourth-order valence-corrected chi connectivity index (χ4v) is 3.44. The van der Waals surface area contributed by atoms with Crippen LogP contribution in [0.2, 0.25) is 5.02 Å². The van der Waals surface area contributed by atoms with Crippen LogP contribution in [0, 0.1) is 0 Å². The van der Waals surface area contributed by atoms with Crippen LogP contribution in [-0.4, -0.2) is 22.4 Å². The molecule has 1 aliphatic rings. The molecule has 1 aromatic heterocycles. The van der Waals surface area contributed by atoms with Gasteiger partial charge in [0.05, 0.1) is 5.69 Å². The molecular weight excluding hydrogens is 390 g/mol. The number of allylic oxidation sites excluding steroid dienone is 1. The van der Waals surface area contributed by atoms with Crippen molar-refractivity contribution < 1.29 is 14.4 Å². The fourth-order valence-electron chi connectivity index (χ4n) is 3.32. The van der Waals surface area contributed by atoms with Crippen molar-refractivity contribution in [2.75, 3.05) is 4.90 Å². The van der Waals surface area contributed by atoms with Crippen molar-refractivity contribution in [2.45, 2.75) is 6.54 Å². The van der Waals surface area contributed by atoms with Crippen LogP contribution in [0.3, 0.4) is 0 Å². The molecule has 0 aliphatic carbocycles. The van der Waals surface area contributed by atoms with Gasteiger partial charge in [-0.2, -0.15) is 0 Å². The Labute approximate surface area is 171 Å². The highest BCUT2D eigenvalue weighted by Gasteiger charge is 2.36. The van der Waals surface area contributed by atoms with E-state index < -0.39 is 17.8 Å². The van der Waals surface area contributed by atoms with Crippen LogP contribution in [0.5, 0.6) is 0 Å². The van der Waals surface area contributed by atoms with Crippen LogP contribution in [-0.2, 0) is 16.1 Å². The van der Waals surface area contributed by atoms with E-state index in [2.05, 4.69) is 11.9 Å². The summed E-state index contributed by atoms with van der Waals surface area (Å²) in [5, 5.41) is 3.59. The first-order valence-electron chi connectivity index (χ1n) is 8.85. The van der Waals surface area contributed by atoms with Crippen molar-refractivity contribution in [3.8, 4) is 0 Å². The predicted octanol–water partition coefficient (Wildman–Crippen LogP) is 4.15. The maximum atomic E-state index is 13.0. The minimum absolute atomic E-state index is 0.124. The summed E-state index contributed by atoms with van der Waals surface area (Å²) in [6.45, 7) is 4.34. The average Bonchev–Trinajstić information content (AvgIpc) is 3.04. The molecule has 7 heteroatoms. The highest BCUT2D eigenvalue weighted by Crippen LogP contribution is 2.27. The van der Waals surface area contributed by atoms with Gasteiger partial charge in [0.2, 0.25) is 0 Å². The van der Waals surface area contributed by atoms with Gasteiger partial charge in [-0.1, -0.05) is 35.9 Å². The van der Waals surface area contributed by atoms with Gasteiger partial charge < -0.3 is 4.57 Å². The van der Waals surface area contributed by atoms with E-state index in [0.717, 1.165) is 15.8 Å². The van der Waals surface area contributed by atoms with Crippen molar-refractivity contribution in [2.24, 2.45) is 0 Å². The number of carbonyl (C=O) groups excluding carboxylic acids is 3. The normalized spacial score (nSPS) is 15.8. The molecule has 1 saturated heterocycles. The summed E-state index contributed by atoms with van der Waals surface area (Å²) >= 11 is 5.89. The van der Waals surface area contributed by atoms with Crippen LogP contribution >= 0.6 is 11.6 Å². The van der Waals surface area contributed by atoms with Gasteiger partial charge in [-0.05, 0) is 36.4 Å². The first kappa shape index (κ1) is 18.7. The summed E-state index contributed by atoms with van der Waals surface area (Å²) in [6.07, 6.45) is 5.13. The second-order valence-electron chi connectivity index (χ2n) is 6.48. The number of aromatic nitrogens is 1. The number of imide groups is 2. The number of fused-ring (bicyclic) bond motifs is 1. The van der Waals surface area contributed by atoms with E-state index in [1.165, 1.54) is 6.08 Å². The number of para-hydroxylation sites is 1. The Bertz CT molecular complexity index is 1190. The standard InChI is InChI=1S/C22H16ClN3O3/c1-2-11-25-13-14(17-5-3-4-6-19(17)25)12-18-20(27)24-22(29)26(21(18)28)16-9-7-15(23)8-10-16/h2-10,12-13H,1,11H2,(H,24,27,29). The molecule has 0 bridgehead atoms. The topological polar surface area (TPSA) is 71.4 Å². The SMILES string of the molecule is C=CCn1cc(C=C2C(=O)NC(=O)N(c3ccc(Cl)cc3)C2=O)c2ccccc21. The van der Waals surface area contributed by atoms with Crippen LogP contribution < -0.4 is 10.2 Å². The van der Waals surface area contributed by atoms with Crippen molar-refractivity contribution >= 4 is 52.1 Å². The third kappa shape index (κ3) is 3.34. The second-order valence-corrected chi connectivity index (χ2v) is 6.91. The Balaban J connectivity index is 1.80. The van der Waals surface area contributed by atoms with E-state index in [1.54, 1.807) is 30.3 Å². The Morgan fingerprint density at radius 1 is 1.03 bits per heavy atom. The minimum atomic E-state index is -0.798. The second kappa shape index (κ2) is 7.41. The van der Waals surface area contributed by atoms with Crippen molar-refractivity contribution in [1.29, 1.82) is 0 Å². The predicted molar refractivity (Wildman–Crippen MR) is 113 cm³/mol. The van der Waals surface area contributed by atoms with E-state index in [4.69, 9.17) is 11.6 Å². The lowest BCUT2D eigenvalue weighted by Gasteiger charge is -2.26. The molecule has 0 unspecified atom stereocenters. The molecule has 2 heterocycles. The van der Waals surface area contributed by atoms with Crippen LogP contribution in [0.25, 0.3) is 17.0 Å². The van der Waals surface area contributed by atoms with Gasteiger partial charge in [0.25, 0.3) is 11.8 Å². The number of anilines is 1. The van der Waals surface area contributed by atoms with Gasteiger partial charge in [-0.3, -0.25) is 14.9 Å². The lowest BCUT2D eigenvalue weighted by Crippen LogP contribution is -2.54. The van der Waals surface area contributed by atoms with Gasteiger partial charge in [-0.15, -0.1) is 6.58 Å². The first-order chi connectivity index (χ1) is 14.0. The third-order valence-corrected chi connectivity index (χ3v) is 4.88. The third-order valence-electron chi connectivity index (χ3n) is 4.63. The Kier molecular flexibility index (Phi) is 4.78. The molecule has 0 radical (unpaired) electrons. The number of benzene rings is 2. The first-order valence-corrected chi connectivity index (χ1v) is 9.23. The highest BCUT2D eigenvalue weighted by molar-refractivity contribution is 6.39. The van der Waals surface area contributed by atoms with Crippen molar-refractivity contribution in [3.63, 3.8) is 0 Å². The molecule has 4 rings (SSSR count). The van der Waals surface area contributed by atoms with Crippen LogP contribution in [0.4, 0.5) is 10.5 Å². The van der Waals surface area contributed by atoms with Crippen LogP contribution in [0.15, 0.2) is 73.0 Å². The number of halogens is 1. The lowest BCUT2D eigenvalue weighted by atomic mass is 10.1. The molecule has 0 atom stereocenters. The summed E-state index contributed by atoms with van der Waals surface area (Å²) in [6, 6.07) is 13.1. The molecule has 1 fully saturated rings. The average molecular weight is 406 g/mol. The van der Waals surface area contributed by atoms with E-state index >= 15 is 0 Å². The maximum absolute atomic E-state index is 13.0. The summed E-state index contributed by atoms with van der Waals surface area (Å²) in [7, 11) is 0. The zero-order valence-electron chi connectivity index (χ0n) is 15.3. The Hall–Kier alpha value is -3.64. The van der Waals surface area contributed by atoms with E-state index in [-0.39, 0.29) is 5.57 Å². The van der Waals surface area contributed by atoms with Gasteiger partial charge in [-0.25, -0.2) is 9.69 Å². The van der Waals surface area contributed by atoms with Gasteiger partial charge in [0, 0.05) is 34.2 Å². The summed E-state index contributed by atoms with van der Waals surface area (Å²) in [4.78, 5) is 38.7. The minimum Gasteiger partial charge on any atom is -0.343 e. The fraction of sp³-hybridized carbons (Fsp3) is 0.0455. The number of carbonyl (C=O) groups is 3. The Morgan fingerprint density at radius 2 is 1.76 bits per heavy atom. The number of amides is 4. The van der Waals surface area contributed by atoms with E-state index in [9.17, 15) is 14.4 Å². The number of barbiturate groups is 1. The molecule has 0 saturated carbocycles. The molecule has 4 amide bonds. The molecule has 144 valence electrons. The molecule has 6 nitrogen and oxygen atoms in total. The van der Waals surface area contributed by atoms with Gasteiger partial charge >= 0.3 is 6.03 Å². The number of rotatable bonds is 4. The monoisotopic (exact) mass is 405 g/mol. The summed E-state index contributed by atoms with van der Waals surface area (Å²) < 4.78 is 1.97. The molecule has 3 aromatic rings. The number of urea groups is 1. The number of hydrogen-bond donors (Lipinski definition) is 1. The molecular formula is C22H16ClN3O3. The number of nitrogens with zero attached hydrogens (tertiary/aromatic N) is 2. The Morgan fingerprint density at radius 3 is 2.48 bits per heavy atom. The maximum Gasteiger partial charge on any atom is 0.335 e. The zero-order valence-corrected chi connectivity index (χ0v) is 16.0. The largest absolute Gasteiger partial charge is 0.343 e. The number of hydrogen-bond acceptors (Lipinski definition) is 3. The molecule has 2 aromatic carbocycles. The number of nitrogens with one attached hydrogen (secondary N) is 1. The van der Waals surface area contributed by atoms with Crippen molar-refractivity contribution in [1.82, 2.24) is 9.88 Å². The molecule has 29 heavy (non-hydrogen) atoms. The molecule has 1 N–H and O–H groups in total. The van der Waals surface area contributed by atoms with Crippen LogP contribution in [0.1, 0.15) is 5.56 Å². The van der Waals surface area contributed by atoms with Gasteiger partial charge in [0.15, 0.2) is 0 Å². The molecule has 1 aliphatic heterocycles. The zero-order chi connectivity index (χ0) is 20.5. The van der Waals surface area contributed by atoms with Crippen molar-refractivity contribution in [3.05, 3.63) is 83.5 Å². The van der Waals surface area contributed by atoms with Gasteiger partial charge in [0.1, 0.15) is 5.57 Å².